The molecule has 0 amide bonds. The van der Waals surface area contributed by atoms with E-state index in [4.69, 9.17) is 4.74 Å². The second-order valence-electron chi connectivity index (χ2n) is 4.06. The van der Waals surface area contributed by atoms with Gasteiger partial charge in [-0.3, -0.25) is 4.79 Å². The minimum atomic E-state index is -0.0943. The first-order valence-corrected chi connectivity index (χ1v) is 4.96. The molecule has 3 heteroatoms. The fourth-order valence-electron chi connectivity index (χ4n) is 1.32. The van der Waals surface area contributed by atoms with Crippen molar-refractivity contribution in [2.45, 2.75) is 32.7 Å². The fourth-order valence-corrected chi connectivity index (χ4v) is 1.32. The van der Waals surface area contributed by atoms with Crippen molar-refractivity contribution in [1.29, 1.82) is 0 Å². The van der Waals surface area contributed by atoms with E-state index in [1.807, 2.05) is 0 Å². The molecule has 13 heavy (non-hydrogen) atoms. The first kappa shape index (κ1) is 10.5. The van der Waals surface area contributed by atoms with Gasteiger partial charge < -0.3 is 10.1 Å². The molecule has 1 saturated carbocycles. The Kier molecular flexibility index (Phi) is 3.72. The first-order valence-electron chi connectivity index (χ1n) is 4.96. The van der Waals surface area contributed by atoms with Crippen LogP contribution in [0.2, 0.25) is 0 Å². The normalized spacial score (nSPS) is 18.8. The third-order valence-electron chi connectivity index (χ3n) is 2.51. The lowest BCUT2D eigenvalue weighted by Crippen LogP contribution is -2.33. The Morgan fingerprint density at radius 2 is 2.15 bits per heavy atom. The van der Waals surface area contributed by atoms with Crippen LogP contribution in [0.4, 0.5) is 0 Å². The SMILES string of the molecule is COC(=O)C(CNC1CC1)C(C)C. The molecular weight excluding hydrogens is 166 g/mol. The summed E-state index contributed by atoms with van der Waals surface area (Å²) in [5.41, 5.74) is 0. The van der Waals surface area contributed by atoms with Crippen LogP contribution >= 0.6 is 0 Å². The highest BCUT2D eigenvalue weighted by molar-refractivity contribution is 5.72. The van der Waals surface area contributed by atoms with E-state index in [0.29, 0.717) is 12.0 Å². The Labute approximate surface area is 79.8 Å². The highest BCUT2D eigenvalue weighted by atomic mass is 16.5. The van der Waals surface area contributed by atoms with Crippen LogP contribution in [0.1, 0.15) is 26.7 Å². The van der Waals surface area contributed by atoms with Crippen molar-refractivity contribution in [3.05, 3.63) is 0 Å². The van der Waals surface area contributed by atoms with Gasteiger partial charge in [-0.25, -0.2) is 0 Å². The molecule has 1 fully saturated rings. The summed E-state index contributed by atoms with van der Waals surface area (Å²) in [7, 11) is 1.45. The fraction of sp³-hybridized carbons (Fsp3) is 0.900. The summed E-state index contributed by atoms with van der Waals surface area (Å²) in [4.78, 5) is 11.3. The van der Waals surface area contributed by atoms with E-state index >= 15 is 0 Å². The smallest absolute Gasteiger partial charge is 0.310 e. The number of nitrogens with one attached hydrogen (secondary N) is 1. The molecule has 0 bridgehead atoms. The standard InChI is InChI=1S/C10H19NO2/c1-7(2)9(10(12)13-3)6-11-8-4-5-8/h7-9,11H,4-6H2,1-3H3. The van der Waals surface area contributed by atoms with Gasteiger partial charge >= 0.3 is 5.97 Å². The zero-order chi connectivity index (χ0) is 9.84. The largest absolute Gasteiger partial charge is 0.469 e. The molecule has 0 aromatic carbocycles. The zero-order valence-electron chi connectivity index (χ0n) is 8.67. The van der Waals surface area contributed by atoms with E-state index in [9.17, 15) is 4.79 Å². The van der Waals surface area contributed by atoms with Gasteiger partial charge in [-0.05, 0) is 18.8 Å². The Bertz CT molecular complexity index is 176. The van der Waals surface area contributed by atoms with Gasteiger partial charge in [-0.15, -0.1) is 0 Å². The predicted molar refractivity (Wildman–Crippen MR) is 51.4 cm³/mol. The molecule has 1 aliphatic rings. The summed E-state index contributed by atoms with van der Waals surface area (Å²) in [6.45, 7) is 4.86. The van der Waals surface area contributed by atoms with Gasteiger partial charge in [0.2, 0.25) is 0 Å². The van der Waals surface area contributed by atoms with Gasteiger partial charge in [0.05, 0.1) is 13.0 Å². The minimum absolute atomic E-state index is 0.00519. The molecule has 1 aliphatic carbocycles. The molecule has 1 N–H and O–H groups in total. The molecule has 0 heterocycles. The highest BCUT2D eigenvalue weighted by Gasteiger charge is 2.27. The quantitative estimate of drug-likeness (QED) is 0.654. The minimum Gasteiger partial charge on any atom is -0.469 e. The van der Waals surface area contributed by atoms with E-state index in [-0.39, 0.29) is 11.9 Å². The maximum absolute atomic E-state index is 11.3. The van der Waals surface area contributed by atoms with Crippen molar-refractivity contribution in [3.8, 4) is 0 Å². The first-order chi connectivity index (χ1) is 6.15. The lowest BCUT2D eigenvalue weighted by molar-refractivity contribution is -0.146. The van der Waals surface area contributed by atoms with Gasteiger partial charge in [0.1, 0.15) is 0 Å². The number of ether oxygens (including phenoxy) is 1. The molecule has 0 spiro atoms. The van der Waals surface area contributed by atoms with Crippen LogP contribution < -0.4 is 5.32 Å². The number of carbonyl (C=O) groups is 1. The second-order valence-corrected chi connectivity index (χ2v) is 4.06. The molecule has 76 valence electrons. The summed E-state index contributed by atoms with van der Waals surface area (Å²) < 4.78 is 4.75. The predicted octanol–water partition coefficient (Wildman–Crippen LogP) is 1.18. The van der Waals surface area contributed by atoms with Crippen LogP contribution in [0.25, 0.3) is 0 Å². The van der Waals surface area contributed by atoms with Crippen molar-refractivity contribution >= 4 is 5.97 Å². The summed E-state index contributed by atoms with van der Waals surface area (Å²) in [6, 6.07) is 0.658. The number of hydrogen-bond acceptors (Lipinski definition) is 3. The van der Waals surface area contributed by atoms with E-state index in [1.165, 1.54) is 20.0 Å². The third kappa shape index (κ3) is 3.35. The van der Waals surface area contributed by atoms with Crippen LogP contribution in [-0.4, -0.2) is 25.7 Å². The Morgan fingerprint density at radius 1 is 1.54 bits per heavy atom. The molecule has 3 nitrogen and oxygen atoms in total. The summed E-state index contributed by atoms with van der Waals surface area (Å²) in [6.07, 6.45) is 2.51. The molecule has 1 unspecified atom stereocenters. The number of hydrogen-bond donors (Lipinski definition) is 1. The monoisotopic (exact) mass is 185 g/mol. The van der Waals surface area contributed by atoms with E-state index in [1.54, 1.807) is 0 Å². The van der Waals surface area contributed by atoms with Crippen LogP contribution in [-0.2, 0) is 9.53 Å². The van der Waals surface area contributed by atoms with Crippen molar-refractivity contribution in [3.63, 3.8) is 0 Å². The number of methoxy groups -OCH3 is 1. The molecule has 0 aromatic rings. The number of esters is 1. The Morgan fingerprint density at radius 3 is 2.54 bits per heavy atom. The van der Waals surface area contributed by atoms with Gasteiger partial charge in [0.25, 0.3) is 0 Å². The molecule has 0 aliphatic heterocycles. The van der Waals surface area contributed by atoms with Crippen LogP contribution in [0, 0.1) is 11.8 Å². The van der Waals surface area contributed by atoms with E-state index in [0.717, 1.165) is 6.54 Å². The summed E-state index contributed by atoms with van der Waals surface area (Å²) >= 11 is 0. The van der Waals surface area contributed by atoms with Crippen molar-refractivity contribution in [1.82, 2.24) is 5.32 Å². The number of rotatable bonds is 5. The summed E-state index contributed by atoms with van der Waals surface area (Å²) in [5.74, 6) is 0.257. The highest BCUT2D eigenvalue weighted by Crippen LogP contribution is 2.20. The zero-order valence-corrected chi connectivity index (χ0v) is 8.67. The molecule has 1 rings (SSSR count). The van der Waals surface area contributed by atoms with Crippen molar-refractivity contribution < 1.29 is 9.53 Å². The van der Waals surface area contributed by atoms with Crippen molar-refractivity contribution in [2.24, 2.45) is 11.8 Å². The molecule has 0 aromatic heterocycles. The number of carbonyl (C=O) groups excluding carboxylic acids is 1. The van der Waals surface area contributed by atoms with Crippen LogP contribution in [0.3, 0.4) is 0 Å². The van der Waals surface area contributed by atoms with E-state index in [2.05, 4.69) is 19.2 Å². The maximum Gasteiger partial charge on any atom is 0.310 e. The van der Waals surface area contributed by atoms with Gasteiger partial charge in [-0.2, -0.15) is 0 Å². The lowest BCUT2D eigenvalue weighted by atomic mass is 9.96. The van der Waals surface area contributed by atoms with Gasteiger partial charge in [0, 0.05) is 12.6 Å². The average molecular weight is 185 g/mol. The lowest BCUT2D eigenvalue weighted by Gasteiger charge is -2.18. The molecule has 0 saturated heterocycles. The Balaban J connectivity index is 2.31. The third-order valence-corrected chi connectivity index (χ3v) is 2.51. The molecule has 0 radical (unpaired) electrons. The van der Waals surface area contributed by atoms with Crippen LogP contribution in [0.15, 0.2) is 0 Å². The topological polar surface area (TPSA) is 38.3 Å². The average Bonchev–Trinajstić information content (AvgIpc) is 2.87. The Hall–Kier alpha value is -0.570. The summed E-state index contributed by atoms with van der Waals surface area (Å²) in [5, 5.41) is 3.35. The molecular formula is C10H19NO2. The second kappa shape index (κ2) is 4.61. The maximum atomic E-state index is 11.3. The van der Waals surface area contributed by atoms with E-state index < -0.39 is 0 Å². The van der Waals surface area contributed by atoms with Crippen LogP contribution in [0.5, 0.6) is 0 Å². The van der Waals surface area contributed by atoms with Gasteiger partial charge in [0.15, 0.2) is 0 Å². The van der Waals surface area contributed by atoms with Crippen molar-refractivity contribution in [2.75, 3.05) is 13.7 Å². The van der Waals surface area contributed by atoms with Gasteiger partial charge in [-0.1, -0.05) is 13.8 Å². The molecule has 1 atom stereocenters.